The molecule has 0 spiro atoms. The summed E-state index contributed by atoms with van der Waals surface area (Å²) in [6.07, 6.45) is 1.71. The standard InChI is InChI=1S/C23H24FNO2/c1-16-7-6-8-22(18(3)14-26-5)23(16)15-27-25-19(4)9-10-20-11-12-21(24)13-17(20)2/h6-8,11-14H,15H2,1-5H3/b18-14-,25-19+. The van der Waals surface area contributed by atoms with E-state index in [0.717, 1.165) is 33.4 Å². The molecule has 0 atom stereocenters. The molecule has 4 heteroatoms. The van der Waals surface area contributed by atoms with E-state index in [-0.39, 0.29) is 5.82 Å². The fourth-order valence-corrected chi connectivity index (χ4v) is 2.65. The summed E-state index contributed by atoms with van der Waals surface area (Å²) in [5.74, 6) is 5.67. The van der Waals surface area contributed by atoms with E-state index in [9.17, 15) is 4.39 Å². The molecule has 2 aromatic rings. The molecule has 2 rings (SSSR count). The summed E-state index contributed by atoms with van der Waals surface area (Å²) in [5.41, 5.74) is 6.39. The Bertz CT molecular complexity index is 933. The number of hydrogen-bond donors (Lipinski definition) is 0. The highest BCUT2D eigenvalue weighted by atomic mass is 19.1. The Hall–Kier alpha value is -3.06. The first-order valence-electron chi connectivity index (χ1n) is 8.65. The van der Waals surface area contributed by atoms with Gasteiger partial charge in [0, 0.05) is 11.1 Å². The average Bonchev–Trinajstić information content (AvgIpc) is 2.62. The summed E-state index contributed by atoms with van der Waals surface area (Å²) in [7, 11) is 1.63. The van der Waals surface area contributed by atoms with E-state index in [1.165, 1.54) is 12.1 Å². The Balaban J connectivity index is 2.12. The zero-order valence-electron chi connectivity index (χ0n) is 16.4. The van der Waals surface area contributed by atoms with Gasteiger partial charge in [-0.2, -0.15) is 0 Å². The summed E-state index contributed by atoms with van der Waals surface area (Å²) in [6.45, 7) is 7.97. The highest BCUT2D eigenvalue weighted by Gasteiger charge is 2.08. The van der Waals surface area contributed by atoms with Crippen molar-refractivity contribution < 1.29 is 14.0 Å². The van der Waals surface area contributed by atoms with Crippen molar-refractivity contribution >= 4 is 11.3 Å². The van der Waals surface area contributed by atoms with E-state index >= 15 is 0 Å². The van der Waals surface area contributed by atoms with Crippen molar-refractivity contribution in [1.29, 1.82) is 0 Å². The molecule has 0 fully saturated rings. The lowest BCUT2D eigenvalue weighted by Gasteiger charge is -2.12. The number of ether oxygens (including phenoxy) is 1. The fraction of sp³-hybridized carbons (Fsp3) is 0.261. The van der Waals surface area contributed by atoms with E-state index in [2.05, 4.69) is 17.0 Å². The van der Waals surface area contributed by atoms with Crippen molar-refractivity contribution in [3.63, 3.8) is 0 Å². The predicted molar refractivity (Wildman–Crippen MR) is 108 cm³/mol. The van der Waals surface area contributed by atoms with E-state index < -0.39 is 0 Å². The minimum atomic E-state index is -0.265. The number of halogens is 1. The molecule has 0 N–H and O–H groups in total. The van der Waals surface area contributed by atoms with E-state index in [1.807, 2.05) is 39.0 Å². The van der Waals surface area contributed by atoms with Crippen molar-refractivity contribution in [2.45, 2.75) is 34.3 Å². The van der Waals surface area contributed by atoms with Crippen molar-refractivity contribution in [3.8, 4) is 11.8 Å². The van der Waals surface area contributed by atoms with Gasteiger partial charge in [-0.15, -0.1) is 0 Å². The van der Waals surface area contributed by atoms with Crippen LogP contribution in [-0.4, -0.2) is 12.8 Å². The molecule has 0 aromatic heterocycles. The van der Waals surface area contributed by atoms with Crippen LogP contribution in [0.5, 0.6) is 0 Å². The van der Waals surface area contributed by atoms with Gasteiger partial charge in [-0.25, -0.2) is 4.39 Å². The minimum Gasteiger partial charge on any atom is -0.504 e. The molecule has 3 nitrogen and oxygen atoms in total. The van der Waals surface area contributed by atoms with Crippen LogP contribution >= 0.6 is 0 Å². The smallest absolute Gasteiger partial charge is 0.143 e. The van der Waals surface area contributed by atoms with Gasteiger partial charge >= 0.3 is 0 Å². The van der Waals surface area contributed by atoms with Crippen LogP contribution in [0.15, 0.2) is 47.8 Å². The quantitative estimate of drug-likeness (QED) is 0.308. The van der Waals surface area contributed by atoms with Gasteiger partial charge in [0.25, 0.3) is 0 Å². The maximum absolute atomic E-state index is 13.1. The molecule has 140 valence electrons. The highest BCUT2D eigenvalue weighted by Crippen LogP contribution is 2.23. The van der Waals surface area contributed by atoms with E-state index in [1.54, 1.807) is 26.4 Å². The second-order valence-corrected chi connectivity index (χ2v) is 6.30. The molecule has 0 aliphatic rings. The predicted octanol–water partition coefficient (Wildman–Crippen LogP) is 5.39. The van der Waals surface area contributed by atoms with Gasteiger partial charge in [0.05, 0.1) is 13.4 Å². The Morgan fingerprint density at radius 3 is 2.63 bits per heavy atom. The minimum absolute atomic E-state index is 0.265. The molecule has 0 unspecified atom stereocenters. The lowest BCUT2D eigenvalue weighted by atomic mass is 9.98. The van der Waals surface area contributed by atoms with Crippen molar-refractivity contribution in [1.82, 2.24) is 0 Å². The van der Waals surface area contributed by atoms with Crippen LogP contribution in [-0.2, 0) is 16.2 Å². The van der Waals surface area contributed by atoms with Crippen LogP contribution in [0.4, 0.5) is 4.39 Å². The Morgan fingerprint density at radius 1 is 1.15 bits per heavy atom. The molecular formula is C23H24FNO2. The number of benzene rings is 2. The largest absolute Gasteiger partial charge is 0.504 e. The maximum atomic E-state index is 13.1. The summed E-state index contributed by atoms with van der Waals surface area (Å²) in [4.78, 5) is 5.53. The third-order valence-electron chi connectivity index (χ3n) is 4.11. The molecule has 0 saturated carbocycles. The maximum Gasteiger partial charge on any atom is 0.143 e. The first kappa shape index (κ1) is 20.3. The average molecular weight is 365 g/mol. The van der Waals surface area contributed by atoms with Crippen LogP contribution < -0.4 is 0 Å². The lowest BCUT2D eigenvalue weighted by molar-refractivity contribution is 0.130. The van der Waals surface area contributed by atoms with Gasteiger partial charge in [-0.3, -0.25) is 0 Å². The van der Waals surface area contributed by atoms with Crippen molar-refractivity contribution in [2.75, 3.05) is 7.11 Å². The topological polar surface area (TPSA) is 30.8 Å². The first-order valence-corrected chi connectivity index (χ1v) is 8.65. The molecule has 27 heavy (non-hydrogen) atoms. The van der Waals surface area contributed by atoms with Crippen molar-refractivity contribution in [3.05, 3.63) is 76.3 Å². The van der Waals surface area contributed by atoms with Gasteiger partial charge < -0.3 is 9.57 Å². The number of hydrogen-bond acceptors (Lipinski definition) is 3. The number of rotatable bonds is 5. The third kappa shape index (κ3) is 5.72. The second kappa shape index (κ2) is 9.59. The number of allylic oxidation sites excluding steroid dienone is 1. The number of aryl methyl sites for hydroxylation is 2. The second-order valence-electron chi connectivity index (χ2n) is 6.30. The fourth-order valence-electron chi connectivity index (χ4n) is 2.65. The molecule has 0 heterocycles. The molecule has 0 aliphatic carbocycles. The SMILES string of the molecule is CO/C=C(/C)c1cccc(C)c1CO/N=C(\C)C#Cc1ccc(F)cc1C. The molecule has 0 aliphatic heterocycles. The van der Waals surface area contributed by atoms with Crippen LogP contribution in [0.2, 0.25) is 0 Å². The van der Waals surface area contributed by atoms with Gasteiger partial charge in [0.1, 0.15) is 18.1 Å². The van der Waals surface area contributed by atoms with Crippen LogP contribution in [0.1, 0.15) is 41.7 Å². The van der Waals surface area contributed by atoms with Gasteiger partial charge in [0.2, 0.25) is 0 Å². The van der Waals surface area contributed by atoms with E-state index in [0.29, 0.717) is 12.3 Å². The first-order chi connectivity index (χ1) is 12.9. The number of oxime groups is 1. The van der Waals surface area contributed by atoms with Gasteiger partial charge in [-0.1, -0.05) is 29.3 Å². The molecule has 0 amide bonds. The van der Waals surface area contributed by atoms with E-state index in [4.69, 9.17) is 9.57 Å². The zero-order chi connectivity index (χ0) is 19.8. The molecule has 0 bridgehead atoms. The molecule has 0 radical (unpaired) electrons. The Kier molecular flexibility index (Phi) is 7.19. The highest BCUT2D eigenvalue weighted by molar-refractivity contribution is 5.98. The number of methoxy groups -OCH3 is 1. The summed E-state index contributed by atoms with van der Waals surface area (Å²) < 4.78 is 18.3. The van der Waals surface area contributed by atoms with Crippen LogP contribution in [0, 0.1) is 31.5 Å². The lowest BCUT2D eigenvalue weighted by Crippen LogP contribution is -1.99. The van der Waals surface area contributed by atoms with Gasteiger partial charge in [0.15, 0.2) is 0 Å². The Labute approximate surface area is 160 Å². The van der Waals surface area contributed by atoms with Crippen LogP contribution in [0.25, 0.3) is 5.57 Å². The molecule has 0 saturated heterocycles. The van der Waals surface area contributed by atoms with Crippen molar-refractivity contribution in [2.24, 2.45) is 5.16 Å². The Morgan fingerprint density at radius 2 is 1.93 bits per heavy atom. The summed E-state index contributed by atoms with van der Waals surface area (Å²) >= 11 is 0. The normalized spacial score (nSPS) is 11.6. The summed E-state index contributed by atoms with van der Waals surface area (Å²) in [6, 6.07) is 10.6. The van der Waals surface area contributed by atoms with Crippen LogP contribution in [0.3, 0.4) is 0 Å². The monoisotopic (exact) mass is 365 g/mol. The van der Waals surface area contributed by atoms with Gasteiger partial charge in [-0.05, 0) is 74.1 Å². The number of nitrogens with zero attached hydrogens (tertiary/aromatic N) is 1. The zero-order valence-corrected chi connectivity index (χ0v) is 16.4. The molecule has 2 aromatic carbocycles. The molecular weight excluding hydrogens is 341 g/mol. The summed E-state index contributed by atoms with van der Waals surface area (Å²) in [5, 5.41) is 4.09. The third-order valence-corrected chi connectivity index (χ3v) is 4.11.